The molecule has 0 radical (unpaired) electrons. The van der Waals surface area contributed by atoms with Crippen LogP contribution in [0.25, 0.3) is 0 Å². The molecule has 4 atom stereocenters. The zero-order valence-electron chi connectivity index (χ0n) is 28.0. The first kappa shape index (κ1) is 35.6. The summed E-state index contributed by atoms with van der Waals surface area (Å²) in [6.07, 6.45) is 2.76. The fourth-order valence-electron chi connectivity index (χ4n) is 6.23. The van der Waals surface area contributed by atoms with Gasteiger partial charge in [0.15, 0.2) is 6.61 Å². The summed E-state index contributed by atoms with van der Waals surface area (Å²) < 4.78 is 5.92. The Bertz CT molecular complexity index is 1630. The van der Waals surface area contributed by atoms with Gasteiger partial charge in [-0.1, -0.05) is 78.9 Å². The van der Waals surface area contributed by atoms with Crippen molar-refractivity contribution in [3.8, 4) is 5.75 Å². The van der Waals surface area contributed by atoms with E-state index < -0.39 is 24.2 Å². The van der Waals surface area contributed by atoms with Gasteiger partial charge in [-0.05, 0) is 61.8 Å². The fourth-order valence-corrected chi connectivity index (χ4v) is 6.87. The normalized spacial score (nSPS) is 15.4. The average molecular weight is 684 g/mol. The smallest absolute Gasteiger partial charge is 0.318 e. The molecule has 1 fully saturated rings. The average Bonchev–Trinajstić information content (AvgIpc) is 3.61. The second-order valence-electron chi connectivity index (χ2n) is 12.5. The van der Waals surface area contributed by atoms with Crippen LogP contribution in [-0.2, 0) is 28.9 Å². The number of rotatable bonds is 16. The van der Waals surface area contributed by atoms with Crippen LogP contribution in [0.3, 0.4) is 0 Å². The standard InChI is InChI=1S/C38H45N5O5S/c1-26-11-9-12-27(2)36(26)48-24-35(45)42-32(20-29-15-7-4-8-16-29)34(44)21-30(19-28-13-5-3-6-14-28)41-37(46)33(22-31-23-39-25-49-31)43-18-10-17-40-38(43)47/h3-9,11-16,23,25,30,32-34,44H,10,17-22,24H2,1-2H3,(H,40,47)(H,41,46)(H,42,45)/t30-,32-,33-,34-/m0/s1. The third-order valence-corrected chi connectivity index (χ3v) is 9.53. The molecule has 11 heteroatoms. The van der Waals surface area contributed by atoms with Gasteiger partial charge >= 0.3 is 6.03 Å². The number of amides is 4. The summed E-state index contributed by atoms with van der Waals surface area (Å²) in [5, 5.41) is 20.9. The molecule has 0 spiro atoms. The minimum Gasteiger partial charge on any atom is -0.483 e. The predicted octanol–water partition coefficient (Wildman–Crippen LogP) is 4.37. The molecule has 10 nitrogen and oxygen atoms in total. The number of para-hydroxylation sites is 1. The molecule has 5 rings (SSSR count). The number of aryl methyl sites for hydroxylation is 2. The second kappa shape index (κ2) is 17.6. The first-order valence-electron chi connectivity index (χ1n) is 16.7. The fraction of sp³-hybridized carbons (Fsp3) is 0.368. The number of hydrogen-bond acceptors (Lipinski definition) is 7. The van der Waals surface area contributed by atoms with Crippen LogP contribution in [0.1, 0.15) is 40.0 Å². The molecule has 1 aromatic heterocycles. The summed E-state index contributed by atoms with van der Waals surface area (Å²) in [4.78, 5) is 46.9. The predicted molar refractivity (Wildman–Crippen MR) is 191 cm³/mol. The quantitative estimate of drug-likeness (QED) is 0.139. The van der Waals surface area contributed by atoms with Gasteiger partial charge in [0.2, 0.25) is 5.91 Å². The number of aliphatic hydroxyl groups is 1. The Morgan fingerprint density at radius 2 is 1.61 bits per heavy atom. The van der Waals surface area contributed by atoms with Crippen molar-refractivity contribution in [2.75, 3.05) is 19.7 Å². The van der Waals surface area contributed by atoms with Gasteiger partial charge in [0.05, 0.1) is 17.7 Å². The maximum atomic E-state index is 14.1. The van der Waals surface area contributed by atoms with E-state index in [0.29, 0.717) is 38.1 Å². The summed E-state index contributed by atoms with van der Waals surface area (Å²) in [6, 6.07) is 23.0. The van der Waals surface area contributed by atoms with Gasteiger partial charge in [-0.2, -0.15) is 0 Å². The molecule has 1 aliphatic heterocycles. The Balaban J connectivity index is 1.34. The van der Waals surface area contributed by atoms with Gasteiger partial charge in [0.1, 0.15) is 11.8 Å². The molecule has 4 amide bonds. The lowest BCUT2D eigenvalue weighted by atomic mass is 9.93. The summed E-state index contributed by atoms with van der Waals surface area (Å²) in [6.45, 7) is 4.69. The SMILES string of the molecule is Cc1cccc(C)c1OCC(=O)N[C@@H](Cc1ccccc1)[C@@H](O)C[C@H](Cc1ccccc1)NC(=O)[C@H](Cc1cncs1)N1CCCNC1=O. The Hall–Kier alpha value is -4.74. The lowest BCUT2D eigenvalue weighted by molar-refractivity contribution is -0.127. The Kier molecular flexibility index (Phi) is 12.8. The number of aromatic nitrogens is 1. The molecule has 4 N–H and O–H groups in total. The molecular formula is C38H45N5O5S. The highest BCUT2D eigenvalue weighted by Crippen LogP contribution is 2.22. The molecule has 49 heavy (non-hydrogen) atoms. The van der Waals surface area contributed by atoms with E-state index >= 15 is 0 Å². The molecule has 258 valence electrons. The molecule has 1 saturated heterocycles. The maximum absolute atomic E-state index is 14.1. The summed E-state index contributed by atoms with van der Waals surface area (Å²) in [7, 11) is 0. The van der Waals surface area contributed by atoms with Crippen molar-refractivity contribution in [3.05, 3.63) is 118 Å². The van der Waals surface area contributed by atoms with E-state index in [1.807, 2.05) is 92.7 Å². The highest BCUT2D eigenvalue weighted by Gasteiger charge is 2.34. The minimum absolute atomic E-state index is 0.162. The molecule has 0 saturated carbocycles. The molecular weight excluding hydrogens is 639 g/mol. The number of thiazole rings is 1. The van der Waals surface area contributed by atoms with Gasteiger partial charge in [0.25, 0.3) is 5.91 Å². The van der Waals surface area contributed by atoms with Crippen LogP contribution >= 0.6 is 11.3 Å². The van der Waals surface area contributed by atoms with Crippen molar-refractivity contribution >= 4 is 29.2 Å². The van der Waals surface area contributed by atoms with Crippen molar-refractivity contribution in [1.82, 2.24) is 25.8 Å². The zero-order chi connectivity index (χ0) is 34.6. The third kappa shape index (κ3) is 10.4. The van der Waals surface area contributed by atoms with Crippen LogP contribution < -0.4 is 20.7 Å². The molecule has 3 aromatic carbocycles. The molecule has 4 aromatic rings. The number of urea groups is 1. The van der Waals surface area contributed by atoms with E-state index in [-0.39, 0.29) is 30.9 Å². The lowest BCUT2D eigenvalue weighted by Crippen LogP contribution is -2.58. The van der Waals surface area contributed by atoms with Crippen molar-refractivity contribution in [1.29, 1.82) is 0 Å². The van der Waals surface area contributed by atoms with Crippen molar-refractivity contribution in [2.45, 2.75) is 70.2 Å². The van der Waals surface area contributed by atoms with Crippen LogP contribution in [0.5, 0.6) is 5.75 Å². The number of nitrogens with one attached hydrogen (secondary N) is 3. The molecule has 0 bridgehead atoms. The summed E-state index contributed by atoms with van der Waals surface area (Å²) in [5.41, 5.74) is 5.52. The van der Waals surface area contributed by atoms with Gasteiger partial charge in [-0.15, -0.1) is 11.3 Å². The second-order valence-corrected chi connectivity index (χ2v) is 13.5. The number of aliphatic hydroxyl groups excluding tert-OH is 1. The summed E-state index contributed by atoms with van der Waals surface area (Å²) >= 11 is 1.44. The van der Waals surface area contributed by atoms with Crippen LogP contribution in [0.15, 0.2) is 90.6 Å². The number of hydrogen-bond donors (Lipinski definition) is 4. The van der Waals surface area contributed by atoms with E-state index in [1.54, 1.807) is 16.6 Å². The van der Waals surface area contributed by atoms with E-state index in [1.165, 1.54) is 11.3 Å². The number of carbonyl (C=O) groups is 3. The minimum atomic E-state index is -1.02. The Morgan fingerprint density at radius 1 is 0.939 bits per heavy atom. The maximum Gasteiger partial charge on any atom is 0.318 e. The van der Waals surface area contributed by atoms with Gasteiger partial charge in [-0.3, -0.25) is 14.6 Å². The molecule has 1 aliphatic rings. The van der Waals surface area contributed by atoms with Crippen LogP contribution in [0, 0.1) is 13.8 Å². The topological polar surface area (TPSA) is 133 Å². The highest BCUT2D eigenvalue weighted by molar-refractivity contribution is 7.09. The van der Waals surface area contributed by atoms with E-state index in [9.17, 15) is 19.5 Å². The Labute approximate surface area is 291 Å². The molecule has 0 aliphatic carbocycles. The number of carbonyl (C=O) groups excluding carboxylic acids is 3. The van der Waals surface area contributed by atoms with Crippen LogP contribution in [0.2, 0.25) is 0 Å². The number of nitrogens with zero attached hydrogens (tertiary/aromatic N) is 2. The Morgan fingerprint density at radius 3 is 2.24 bits per heavy atom. The molecule has 0 unspecified atom stereocenters. The molecule has 2 heterocycles. The number of ether oxygens (including phenoxy) is 1. The lowest BCUT2D eigenvalue weighted by Gasteiger charge is -2.35. The van der Waals surface area contributed by atoms with Gasteiger partial charge in [-0.25, -0.2) is 4.79 Å². The van der Waals surface area contributed by atoms with E-state index in [4.69, 9.17) is 4.74 Å². The van der Waals surface area contributed by atoms with E-state index in [2.05, 4.69) is 20.9 Å². The van der Waals surface area contributed by atoms with Crippen LogP contribution in [0.4, 0.5) is 4.79 Å². The third-order valence-electron chi connectivity index (χ3n) is 8.73. The van der Waals surface area contributed by atoms with Crippen molar-refractivity contribution in [2.24, 2.45) is 0 Å². The van der Waals surface area contributed by atoms with Crippen LogP contribution in [-0.4, -0.2) is 76.8 Å². The highest BCUT2D eigenvalue weighted by atomic mass is 32.1. The van der Waals surface area contributed by atoms with Gasteiger partial charge < -0.3 is 30.7 Å². The summed E-state index contributed by atoms with van der Waals surface area (Å²) in [5.74, 6) is 0.00922. The van der Waals surface area contributed by atoms with Crippen molar-refractivity contribution in [3.63, 3.8) is 0 Å². The van der Waals surface area contributed by atoms with Crippen molar-refractivity contribution < 1.29 is 24.2 Å². The largest absolute Gasteiger partial charge is 0.483 e. The monoisotopic (exact) mass is 683 g/mol. The first-order chi connectivity index (χ1) is 23.8. The van der Waals surface area contributed by atoms with Gasteiger partial charge in [0, 0.05) is 36.6 Å². The number of benzene rings is 3. The first-order valence-corrected chi connectivity index (χ1v) is 17.6. The van der Waals surface area contributed by atoms with E-state index in [0.717, 1.165) is 33.6 Å². The zero-order valence-corrected chi connectivity index (χ0v) is 28.8.